The fraction of sp³-hybridized carbons (Fsp3) is 0.571. The molecule has 1 fully saturated rings. The minimum atomic E-state index is 0.270. The van der Waals surface area contributed by atoms with Crippen LogP contribution in [0.3, 0.4) is 0 Å². The molecule has 1 aromatic rings. The second-order valence-electron chi connectivity index (χ2n) is 2.93. The van der Waals surface area contributed by atoms with Crippen molar-refractivity contribution in [1.29, 1.82) is 0 Å². The quantitative estimate of drug-likeness (QED) is 0.621. The SMILES string of the molecule is CNC1CCN1c1ncnc(N)n1. The molecular weight excluding hydrogens is 168 g/mol. The summed E-state index contributed by atoms with van der Waals surface area (Å²) >= 11 is 0. The lowest BCUT2D eigenvalue weighted by atomic mass is 10.1. The summed E-state index contributed by atoms with van der Waals surface area (Å²) in [5.41, 5.74) is 5.45. The smallest absolute Gasteiger partial charge is 0.231 e. The molecule has 0 bridgehead atoms. The molecule has 2 rings (SSSR count). The van der Waals surface area contributed by atoms with Crippen LogP contribution in [0, 0.1) is 0 Å². The molecule has 0 saturated carbocycles. The summed E-state index contributed by atoms with van der Waals surface area (Å²) in [4.78, 5) is 13.9. The van der Waals surface area contributed by atoms with E-state index in [0.29, 0.717) is 12.1 Å². The first-order valence-electron chi connectivity index (χ1n) is 4.19. The van der Waals surface area contributed by atoms with Crippen LogP contribution in [-0.4, -0.2) is 34.7 Å². The van der Waals surface area contributed by atoms with Crippen molar-refractivity contribution in [2.45, 2.75) is 12.6 Å². The molecule has 1 aliphatic heterocycles. The maximum Gasteiger partial charge on any atom is 0.231 e. The summed E-state index contributed by atoms with van der Waals surface area (Å²) in [7, 11) is 1.92. The van der Waals surface area contributed by atoms with Crippen LogP contribution >= 0.6 is 0 Å². The minimum absolute atomic E-state index is 0.270. The van der Waals surface area contributed by atoms with Crippen molar-refractivity contribution in [3.8, 4) is 0 Å². The van der Waals surface area contributed by atoms with Crippen LogP contribution < -0.4 is 16.0 Å². The van der Waals surface area contributed by atoms with Gasteiger partial charge in [0, 0.05) is 6.54 Å². The van der Waals surface area contributed by atoms with Gasteiger partial charge in [0.2, 0.25) is 11.9 Å². The summed E-state index contributed by atoms with van der Waals surface area (Å²) in [6.07, 6.45) is 2.88. The van der Waals surface area contributed by atoms with Crippen LogP contribution in [0.4, 0.5) is 11.9 Å². The molecule has 1 unspecified atom stereocenters. The maximum absolute atomic E-state index is 5.45. The summed E-state index contributed by atoms with van der Waals surface area (Å²) in [6, 6.07) is 0. The minimum Gasteiger partial charge on any atom is -0.368 e. The van der Waals surface area contributed by atoms with Gasteiger partial charge in [0.1, 0.15) is 6.33 Å². The third-order valence-electron chi connectivity index (χ3n) is 2.19. The van der Waals surface area contributed by atoms with Crippen LogP contribution in [0.15, 0.2) is 6.33 Å². The van der Waals surface area contributed by atoms with Gasteiger partial charge in [-0.3, -0.25) is 0 Å². The number of anilines is 2. The molecule has 70 valence electrons. The molecule has 6 heteroatoms. The second-order valence-corrected chi connectivity index (χ2v) is 2.93. The van der Waals surface area contributed by atoms with E-state index in [1.165, 1.54) is 6.33 Å². The van der Waals surface area contributed by atoms with Gasteiger partial charge < -0.3 is 16.0 Å². The molecule has 1 aromatic heterocycles. The zero-order chi connectivity index (χ0) is 9.26. The van der Waals surface area contributed by atoms with Crippen LogP contribution in [0.5, 0.6) is 0 Å². The van der Waals surface area contributed by atoms with Gasteiger partial charge in [-0.05, 0) is 13.5 Å². The third kappa shape index (κ3) is 1.40. The number of nitrogens with zero attached hydrogens (tertiary/aromatic N) is 4. The van der Waals surface area contributed by atoms with Crippen molar-refractivity contribution in [2.24, 2.45) is 0 Å². The van der Waals surface area contributed by atoms with Crippen molar-refractivity contribution < 1.29 is 0 Å². The fourth-order valence-electron chi connectivity index (χ4n) is 1.37. The summed E-state index contributed by atoms with van der Waals surface area (Å²) < 4.78 is 0. The summed E-state index contributed by atoms with van der Waals surface area (Å²) in [5, 5.41) is 3.15. The maximum atomic E-state index is 5.45. The van der Waals surface area contributed by atoms with Gasteiger partial charge in [-0.25, -0.2) is 9.97 Å². The Hall–Kier alpha value is -1.43. The first-order valence-corrected chi connectivity index (χ1v) is 4.19. The van der Waals surface area contributed by atoms with Gasteiger partial charge in [0.25, 0.3) is 0 Å². The molecule has 1 aliphatic rings. The topological polar surface area (TPSA) is 80.0 Å². The van der Waals surface area contributed by atoms with E-state index in [1.807, 2.05) is 7.05 Å². The lowest BCUT2D eigenvalue weighted by Crippen LogP contribution is -2.55. The van der Waals surface area contributed by atoms with E-state index in [-0.39, 0.29) is 5.95 Å². The fourth-order valence-corrected chi connectivity index (χ4v) is 1.37. The van der Waals surface area contributed by atoms with Gasteiger partial charge >= 0.3 is 0 Å². The average molecular weight is 180 g/mol. The molecule has 0 aromatic carbocycles. The van der Waals surface area contributed by atoms with E-state index < -0.39 is 0 Å². The van der Waals surface area contributed by atoms with Crippen molar-refractivity contribution in [3.05, 3.63) is 6.33 Å². The number of nitrogens with one attached hydrogen (secondary N) is 1. The molecule has 0 aliphatic carbocycles. The van der Waals surface area contributed by atoms with Gasteiger partial charge in [0.15, 0.2) is 0 Å². The molecule has 1 atom stereocenters. The molecule has 3 N–H and O–H groups in total. The van der Waals surface area contributed by atoms with E-state index >= 15 is 0 Å². The van der Waals surface area contributed by atoms with Gasteiger partial charge in [-0.15, -0.1) is 0 Å². The molecule has 1 saturated heterocycles. The molecule has 13 heavy (non-hydrogen) atoms. The lowest BCUT2D eigenvalue weighted by Gasteiger charge is -2.40. The van der Waals surface area contributed by atoms with Crippen LogP contribution in [0.25, 0.3) is 0 Å². The van der Waals surface area contributed by atoms with E-state index in [0.717, 1.165) is 13.0 Å². The molecule has 0 amide bonds. The van der Waals surface area contributed by atoms with Crippen LogP contribution in [0.1, 0.15) is 6.42 Å². The largest absolute Gasteiger partial charge is 0.368 e. The summed E-state index contributed by atoms with van der Waals surface area (Å²) in [5.74, 6) is 0.921. The highest BCUT2D eigenvalue weighted by Gasteiger charge is 2.28. The lowest BCUT2D eigenvalue weighted by molar-refractivity contribution is 0.392. The van der Waals surface area contributed by atoms with Crippen LogP contribution in [-0.2, 0) is 0 Å². The second kappa shape index (κ2) is 3.14. The highest BCUT2D eigenvalue weighted by atomic mass is 15.4. The van der Waals surface area contributed by atoms with E-state index in [2.05, 4.69) is 25.2 Å². The van der Waals surface area contributed by atoms with Gasteiger partial charge in [0.05, 0.1) is 6.17 Å². The van der Waals surface area contributed by atoms with Crippen molar-refractivity contribution in [1.82, 2.24) is 20.3 Å². The third-order valence-corrected chi connectivity index (χ3v) is 2.19. The van der Waals surface area contributed by atoms with Crippen LogP contribution in [0.2, 0.25) is 0 Å². The zero-order valence-corrected chi connectivity index (χ0v) is 7.44. The Bertz CT molecular complexity index is 299. The van der Waals surface area contributed by atoms with Crippen molar-refractivity contribution in [2.75, 3.05) is 24.2 Å². The first-order chi connectivity index (χ1) is 6.31. The number of rotatable bonds is 2. The number of aromatic nitrogens is 3. The normalized spacial score (nSPS) is 21.3. The summed E-state index contributed by atoms with van der Waals surface area (Å²) in [6.45, 7) is 0.967. The Balaban J connectivity index is 2.16. The van der Waals surface area contributed by atoms with Crippen molar-refractivity contribution in [3.63, 3.8) is 0 Å². The number of hydrogen-bond donors (Lipinski definition) is 2. The molecule has 0 radical (unpaired) electrons. The van der Waals surface area contributed by atoms with Gasteiger partial charge in [-0.1, -0.05) is 0 Å². The molecule has 0 spiro atoms. The highest BCUT2D eigenvalue weighted by Crippen LogP contribution is 2.20. The first kappa shape index (κ1) is 8.18. The van der Waals surface area contributed by atoms with Gasteiger partial charge in [-0.2, -0.15) is 4.98 Å². The Morgan fingerprint density at radius 1 is 1.62 bits per heavy atom. The number of nitrogens with two attached hydrogens (primary N) is 1. The molecule has 2 heterocycles. The number of hydrogen-bond acceptors (Lipinski definition) is 6. The Labute approximate surface area is 76.2 Å². The molecule has 6 nitrogen and oxygen atoms in total. The van der Waals surface area contributed by atoms with Crippen molar-refractivity contribution >= 4 is 11.9 Å². The monoisotopic (exact) mass is 180 g/mol. The van der Waals surface area contributed by atoms with E-state index in [1.54, 1.807) is 0 Å². The molecular formula is C7H12N6. The predicted molar refractivity (Wildman–Crippen MR) is 49.1 cm³/mol. The predicted octanol–water partition coefficient (Wildman–Crippen LogP) is -0.791. The van der Waals surface area contributed by atoms with E-state index in [9.17, 15) is 0 Å². The number of nitrogen functional groups attached to an aromatic ring is 1. The van der Waals surface area contributed by atoms with E-state index in [4.69, 9.17) is 5.73 Å². The Kier molecular flexibility index (Phi) is 1.97. The Morgan fingerprint density at radius 3 is 3.00 bits per heavy atom. The zero-order valence-electron chi connectivity index (χ0n) is 7.44. The highest BCUT2D eigenvalue weighted by molar-refractivity contribution is 5.37. The average Bonchev–Trinajstić information content (AvgIpc) is 2.03. The standard InChI is InChI=1S/C7H12N6/c1-9-5-2-3-13(5)7-11-4-10-6(8)12-7/h4-5,9H,2-3H2,1H3,(H2,8,10,11,12). The Morgan fingerprint density at radius 2 is 2.46 bits per heavy atom.